The first-order chi connectivity index (χ1) is 6.09. The lowest BCUT2D eigenvalue weighted by Gasteiger charge is -2.11. The van der Waals surface area contributed by atoms with E-state index in [2.05, 4.69) is 10.6 Å². The van der Waals surface area contributed by atoms with Crippen LogP contribution in [0.25, 0.3) is 0 Å². The largest absolute Gasteiger partial charge is 0.392 e. The Bertz CT molecular complexity index is 215. The summed E-state index contributed by atoms with van der Waals surface area (Å²) >= 11 is 0. The monoisotopic (exact) mass is 186 g/mol. The minimum atomic E-state index is -0.555. The summed E-state index contributed by atoms with van der Waals surface area (Å²) in [7, 11) is 0. The lowest BCUT2D eigenvalue weighted by atomic mass is 10.2. The summed E-state index contributed by atoms with van der Waals surface area (Å²) in [5.74, 6) is -0.302. The molecule has 5 heteroatoms. The minimum absolute atomic E-state index is 0.0859. The Kier molecular flexibility index (Phi) is 3.25. The zero-order chi connectivity index (χ0) is 9.84. The number of aliphatic hydroxyl groups excluding tert-OH is 1. The van der Waals surface area contributed by atoms with E-state index in [1.807, 2.05) is 0 Å². The van der Waals surface area contributed by atoms with Gasteiger partial charge in [0.2, 0.25) is 11.8 Å². The van der Waals surface area contributed by atoms with E-state index in [4.69, 9.17) is 5.11 Å². The molecule has 5 nitrogen and oxygen atoms in total. The molecule has 1 heterocycles. The molecule has 74 valence electrons. The van der Waals surface area contributed by atoms with Crippen molar-refractivity contribution in [1.29, 1.82) is 0 Å². The minimum Gasteiger partial charge on any atom is -0.392 e. The van der Waals surface area contributed by atoms with Gasteiger partial charge in [0.15, 0.2) is 0 Å². The molecule has 1 aliphatic rings. The number of hydrogen-bond donors (Lipinski definition) is 3. The summed E-state index contributed by atoms with van der Waals surface area (Å²) in [6, 6.07) is -0.411. The van der Waals surface area contributed by atoms with Crippen LogP contribution in [0.3, 0.4) is 0 Å². The van der Waals surface area contributed by atoms with Gasteiger partial charge in [-0.2, -0.15) is 0 Å². The van der Waals surface area contributed by atoms with Crippen molar-refractivity contribution in [3.63, 3.8) is 0 Å². The number of carbonyl (C=O) groups is 2. The molecule has 0 spiro atoms. The predicted molar refractivity (Wildman–Crippen MR) is 45.9 cm³/mol. The van der Waals surface area contributed by atoms with Crippen LogP contribution in [0.1, 0.15) is 19.8 Å². The average molecular weight is 186 g/mol. The van der Waals surface area contributed by atoms with Gasteiger partial charge in [-0.1, -0.05) is 0 Å². The van der Waals surface area contributed by atoms with Gasteiger partial charge in [0, 0.05) is 13.0 Å². The van der Waals surface area contributed by atoms with Gasteiger partial charge in [0.25, 0.3) is 0 Å². The molecule has 2 atom stereocenters. The standard InChI is InChI=1S/C8H14N2O3/c1-5(11)4-9-8(13)6-2-3-7(12)10-6/h5-6,11H,2-4H2,1H3,(H,9,13)(H,10,12)/t5-,6+/m0/s1. The van der Waals surface area contributed by atoms with Crippen LogP contribution in [0.4, 0.5) is 0 Å². The van der Waals surface area contributed by atoms with Gasteiger partial charge in [-0.15, -0.1) is 0 Å². The van der Waals surface area contributed by atoms with Crippen LogP contribution in [-0.4, -0.2) is 35.6 Å². The van der Waals surface area contributed by atoms with E-state index in [0.29, 0.717) is 12.8 Å². The Morgan fingerprint density at radius 1 is 1.85 bits per heavy atom. The summed E-state index contributed by atoms with van der Waals surface area (Å²) in [4.78, 5) is 22.0. The molecule has 1 aliphatic heterocycles. The Balaban J connectivity index is 2.27. The number of amides is 2. The summed E-state index contributed by atoms with van der Waals surface area (Å²) in [6.45, 7) is 1.82. The molecule has 0 saturated carbocycles. The molecule has 1 saturated heterocycles. The van der Waals surface area contributed by atoms with Gasteiger partial charge >= 0.3 is 0 Å². The van der Waals surface area contributed by atoms with Crippen LogP contribution in [0, 0.1) is 0 Å². The molecule has 3 N–H and O–H groups in total. The average Bonchev–Trinajstić information content (AvgIpc) is 2.47. The van der Waals surface area contributed by atoms with Gasteiger partial charge in [0.05, 0.1) is 6.10 Å². The molecule has 0 bridgehead atoms. The van der Waals surface area contributed by atoms with Crippen molar-refractivity contribution < 1.29 is 14.7 Å². The first-order valence-electron chi connectivity index (χ1n) is 4.34. The second-order valence-electron chi connectivity index (χ2n) is 3.25. The van der Waals surface area contributed by atoms with Gasteiger partial charge in [-0.3, -0.25) is 9.59 Å². The molecule has 0 unspecified atom stereocenters. The van der Waals surface area contributed by atoms with Crippen molar-refractivity contribution in [2.24, 2.45) is 0 Å². The van der Waals surface area contributed by atoms with Crippen LogP contribution < -0.4 is 10.6 Å². The van der Waals surface area contributed by atoms with Crippen molar-refractivity contribution in [1.82, 2.24) is 10.6 Å². The highest BCUT2D eigenvalue weighted by molar-refractivity contribution is 5.90. The fraction of sp³-hybridized carbons (Fsp3) is 0.750. The highest BCUT2D eigenvalue weighted by Gasteiger charge is 2.26. The summed E-state index contributed by atoms with van der Waals surface area (Å²) in [5.41, 5.74) is 0. The van der Waals surface area contributed by atoms with Crippen LogP contribution in [0.15, 0.2) is 0 Å². The molecule has 0 radical (unpaired) electrons. The van der Waals surface area contributed by atoms with E-state index in [9.17, 15) is 9.59 Å². The second-order valence-corrected chi connectivity index (χ2v) is 3.25. The highest BCUT2D eigenvalue weighted by Crippen LogP contribution is 2.05. The zero-order valence-corrected chi connectivity index (χ0v) is 7.54. The Morgan fingerprint density at radius 2 is 2.54 bits per heavy atom. The Morgan fingerprint density at radius 3 is 3.00 bits per heavy atom. The van der Waals surface area contributed by atoms with Crippen LogP contribution >= 0.6 is 0 Å². The predicted octanol–water partition coefficient (Wildman–Crippen LogP) is -1.24. The Labute approximate surface area is 76.5 Å². The molecule has 0 aromatic heterocycles. The molecule has 13 heavy (non-hydrogen) atoms. The number of aliphatic hydroxyl groups is 1. The maximum Gasteiger partial charge on any atom is 0.242 e. The van der Waals surface area contributed by atoms with Crippen molar-refractivity contribution >= 4 is 11.8 Å². The first-order valence-corrected chi connectivity index (χ1v) is 4.34. The molecule has 0 aromatic carbocycles. The van der Waals surface area contributed by atoms with Gasteiger partial charge < -0.3 is 15.7 Å². The van der Waals surface area contributed by atoms with Gasteiger partial charge in [-0.25, -0.2) is 0 Å². The maximum absolute atomic E-state index is 11.3. The second kappa shape index (κ2) is 4.23. The van der Waals surface area contributed by atoms with E-state index < -0.39 is 12.1 Å². The normalized spacial score (nSPS) is 23.8. The lowest BCUT2D eigenvalue weighted by Crippen LogP contribution is -2.43. The molecular weight excluding hydrogens is 172 g/mol. The molecule has 0 aliphatic carbocycles. The number of carbonyl (C=O) groups excluding carboxylic acids is 2. The molecule has 0 aromatic rings. The summed E-state index contributed by atoms with van der Waals surface area (Å²) in [5, 5.41) is 14.0. The van der Waals surface area contributed by atoms with Crippen molar-refractivity contribution in [3.8, 4) is 0 Å². The third kappa shape index (κ3) is 3.02. The lowest BCUT2D eigenvalue weighted by molar-refractivity contribution is -0.126. The van der Waals surface area contributed by atoms with E-state index >= 15 is 0 Å². The number of hydrogen-bond acceptors (Lipinski definition) is 3. The Hall–Kier alpha value is -1.10. The van der Waals surface area contributed by atoms with E-state index in [-0.39, 0.29) is 18.4 Å². The fourth-order valence-corrected chi connectivity index (χ4v) is 1.18. The third-order valence-electron chi connectivity index (χ3n) is 1.88. The van der Waals surface area contributed by atoms with Crippen LogP contribution in [0.2, 0.25) is 0 Å². The third-order valence-corrected chi connectivity index (χ3v) is 1.88. The zero-order valence-electron chi connectivity index (χ0n) is 7.54. The van der Waals surface area contributed by atoms with Crippen molar-refractivity contribution in [2.75, 3.05) is 6.54 Å². The maximum atomic E-state index is 11.3. The van der Waals surface area contributed by atoms with E-state index in [1.54, 1.807) is 6.92 Å². The highest BCUT2D eigenvalue weighted by atomic mass is 16.3. The topological polar surface area (TPSA) is 78.4 Å². The van der Waals surface area contributed by atoms with Crippen molar-refractivity contribution in [3.05, 3.63) is 0 Å². The van der Waals surface area contributed by atoms with E-state index in [0.717, 1.165) is 0 Å². The first kappa shape index (κ1) is 9.98. The number of rotatable bonds is 3. The van der Waals surface area contributed by atoms with Crippen LogP contribution in [-0.2, 0) is 9.59 Å². The quantitative estimate of drug-likeness (QED) is 0.516. The molecular formula is C8H14N2O3. The molecule has 2 amide bonds. The van der Waals surface area contributed by atoms with E-state index in [1.165, 1.54) is 0 Å². The SMILES string of the molecule is C[C@H](O)CNC(=O)[C@H]1CCC(=O)N1. The van der Waals surface area contributed by atoms with Crippen molar-refractivity contribution in [2.45, 2.75) is 31.9 Å². The summed E-state index contributed by atoms with van der Waals surface area (Å²) in [6.07, 6.45) is 0.401. The van der Waals surface area contributed by atoms with Gasteiger partial charge in [-0.05, 0) is 13.3 Å². The van der Waals surface area contributed by atoms with Gasteiger partial charge in [0.1, 0.15) is 6.04 Å². The molecule has 1 rings (SSSR count). The van der Waals surface area contributed by atoms with Crippen LogP contribution in [0.5, 0.6) is 0 Å². The molecule has 1 fully saturated rings. The fourth-order valence-electron chi connectivity index (χ4n) is 1.18. The number of nitrogens with one attached hydrogen (secondary N) is 2. The summed E-state index contributed by atoms with van der Waals surface area (Å²) < 4.78 is 0. The smallest absolute Gasteiger partial charge is 0.242 e.